The van der Waals surface area contributed by atoms with Crippen LogP contribution in [-0.2, 0) is 9.53 Å². The van der Waals surface area contributed by atoms with Gasteiger partial charge in [0.15, 0.2) is 0 Å². The van der Waals surface area contributed by atoms with Crippen molar-refractivity contribution in [3.05, 3.63) is 29.6 Å². The molecule has 3 N–H and O–H groups in total. The molecule has 100 valence electrons. The average molecular weight is 260 g/mol. The van der Waals surface area contributed by atoms with Gasteiger partial charge in [-0.1, -0.05) is 6.07 Å². The molecule has 0 radical (unpaired) electrons. The Balaban J connectivity index is 0.00000324. The van der Waals surface area contributed by atoms with Gasteiger partial charge in [-0.3, -0.25) is 0 Å². The van der Waals surface area contributed by atoms with Crippen LogP contribution in [-0.4, -0.2) is 46.5 Å². The minimum atomic E-state index is -1.13. The van der Waals surface area contributed by atoms with Crippen molar-refractivity contribution in [3.8, 4) is 0 Å². The molecule has 0 saturated heterocycles. The van der Waals surface area contributed by atoms with E-state index in [9.17, 15) is 9.59 Å². The van der Waals surface area contributed by atoms with E-state index in [0.717, 1.165) is 0 Å². The second-order valence-electron chi connectivity index (χ2n) is 4.79. The number of carboxylic acid groups (broad SMARTS) is 1. The third-order valence-corrected chi connectivity index (χ3v) is 2.03. The number of aromatic carboxylic acids is 1. The Labute approximate surface area is 123 Å². The second-order valence-corrected chi connectivity index (χ2v) is 4.79. The van der Waals surface area contributed by atoms with E-state index < -0.39 is 23.6 Å². The molecular weight excluding hydrogens is 243 g/mol. The predicted octanol–water partition coefficient (Wildman–Crippen LogP) is 0.473. The summed E-state index contributed by atoms with van der Waals surface area (Å²) in [6.45, 7) is 5.22. The summed E-state index contributed by atoms with van der Waals surface area (Å²) in [6, 6.07) is 1.77. The van der Waals surface area contributed by atoms with Crippen molar-refractivity contribution in [3.63, 3.8) is 0 Å². The predicted molar refractivity (Wildman–Crippen MR) is 71.1 cm³/mol. The molecule has 1 unspecified atom stereocenters. The molecule has 1 aromatic heterocycles. The van der Waals surface area contributed by atoms with Gasteiger partial charge in [0.1, 0.15) is 17.3 Å². The molecule has 1 heterocycles. The topological polar surface area (TPSA) is 103 Å². The van der Waals surface area contributed by atoms with Gasteiger partial charge in [-0.25, -0.2) is 14.6 Å². The van der Waals surface area contributed by atoms with Crippen LogP contribution in [0.25, 0.3) is 0 Å². The monoisotopic (exact) mass is 260 g/mol. The molecular formula is C12H17LiN2O4. The molecule has 0 spiro atoms. The van der Waals surface area contributed by atoms with Crippen LogP contribution >= 0.6 is 0 Å². The van der Waals surface area contributed by atoms with Crippen molar-refractivity contribution in [2.45, 2.75) is 32.4 Å². The van der Waals surface area contributed by atoms with Crippen LogP contribution in [0.4, 0.5) is 0 Å². The Bertz CT molecular complexity index is 454. The fourth-order valence-corrected chi connectivity index (χ4v) is 1.22. The number of carboxylic acids is 1. The van der Waals surface area contributed by atoms with Crippen LogP contribution in [0.1, 0.15) is 42.9 Å². The van der Waals surface area contributed by atoms with Crippen molar-refractivity contribution < 1.29 is 19.4 Å². The maximum atomic E-state index is 11.7. The number of pyridine rings is 1. The first kappa shape index (κ1) is 17.6. The SMILES string of the molecule is CC(C)(C)OC(=O)C(N)c1ccc(C(=O)O)nc1.[LiH]. The number of ether oxygens (including phenoxy) is 1. The summed E-state index contributed by atoms with van der Waals surface area (Å²) in [5.74, 6) is -1.71. The van der Waals surface area contributed by atoms with E-state index in [2.05, 4.69) is 4.98 Å². The van der Waals surface area contributed by atoms with Crippen LogP contribution in [0.15, 0.2) is 18.3 Å². The zero-order valence-corrected chi connectivity index (χ0v) is 10.5. The maximum absolute atomic E-state index is 11.7. The van der Waals surface area contributed by atoms with Crippen molar-refractivity contribution in [1.29, 1.82) is 0 Å². The molecule has 0 bridgehead atoms. The first-order valence-corrected chi connectivity index (χ1v) is 5.38. The Kier molecular flexibility index (Phi) is 6.23. The van der Waals surface area contributed by atoms with Gasteiger partial charge < -0.3 is 15.6 Å². The van der Waals surface area contributed by atoms with Crippen molar-refractivity contribution >= 4 is 30.8 Å². The summed E-state index contributed by atoms with van der Waals surface area (Å²) >= 11 is 0. The number of esters is 1. The van der Waals surface area contributed by atoms with Gasteiger partial charge in [-0.15, -0.1) is 0 Å². The number of hydrogen-bond acceptors (Lipinski definition) is 5. The van der Waals surface area contributed by atoms with Crippen molar-refractivity contribution in [2.24, 2.45) is 5.73 Å². The molecule has 1 aromatic rings. The summed E-state index contributed by atoms with van der Waals surface area (Å²) < 4.78 is 5.12. The molecule has 0 saturated carbocycles. The number of nitrogens with two attached hydrogens (primary N) is 1. The number of carbonyl (C=O) groups excluding carboxylic acids is 1. The number of carbonyl (C=O) groups is 2. The Hall–Kier alpha value is -1.35. The second kappa shape index (κ2) is 6.71. The molecule has 0 aliphatic carbocycles. The summed E-state index contributed by atoms with van der Waals surface area (Å²) in [7, 11) is 0. The minimum absolute atomic E-state index is 0. The van der Waals surface area contributed by atoms with Gasteiger partial charge in [-0.05, 0) is 32.4 Å². The number of hydrogen-bond donors (Lipinski definition) is 2. The van der Waals surface area contributed by atoms with E-state index in [4.69, 9.17) is 15.6 Å². The van der Waals surface area contributed by atoms with Crippen molar-refractivity contribution in [2.75, 3.05) is 0 Å². The molecule has 1 atom stereocenters. The first-order chi connectivity index (χ1) is 8.20. The van der Waals surface area contributed by atoms with Gasteiger partial charge in [0, 0.05) is 6.20 Å². The zero-order valence-electron chi connectivity index (χ0n) is 10.5. The molecule has 0 amide bonds. The fourth-order valence-electron chi connectivity index (χ4n) is 1.22. The molecule has 1 rings (SSSR count). The molecule has 7 heteroatoms. The quantitative estimate of drug-likeness (QED) is 0.605. The fraction of sp³-hybridized carbons (Fsp3) is 0.417. The third kappa shape index (κ3) is 5.43. The van der Waals surface area contributed by atoms with E-state index in [0.29, 0.717) is 5.56 Å². The average Bonchev–Trinajstić information content (AvgIpc) is 2.26. The van der Waals surface area contributed by atoms with Crippen LogP contribution < -0.4 is 5.73 Å². The zero-order chi connectivity index (χ0) is 13.9. The Morgan fingerprint density at radius 3 is 2.32 bits per heavy atom. The molecule has 0 aliphatic rings. The van der Waals surface area contributed by atoms with Gasteiger partial charge in [-0.2, -0.15) is 0 Å². The Morgan fingerprint density at radius 1 is 1.37 bits per heavy atom. The van der Waals surface area contributed by atoms with E-state index in [1.165, 1.54) is 18.3 Å². The van der Waals surface area contributed by atoms with E-state index in [1.807, 2.05) is 0 Å². The molecule has 19 heavy (non-hydrogen) atoms. The normalized spacial score (nSPS) is 12.2. The summed E-state index contributed by atoms with van der Waals surface area (Å²) in [4.78, 5) is 26.0. The summed E-state index contributed by atoms with van der Waals surface area (Å²) in [5.41, 5.74) is 5.40. The first-order valence-electron chi connectivity index (χ1n) is 5.38. The summed E-state index contributed by atoms with van der Waals surface area (Å²) in [6.07, 6.45) is 1.26. The number of aromatic nitrogens is 1. The van der Waals surface area contributed by atoms with Crippen LogP contribution in [0.5, 0.6) is 0 Å². The van der Waals surface area contributed by atoms with Gasteiger partial charge >= 0.3 is 30.8 Å². The van der Waals surface area contributed by atoms with E-state index in [1.54, 1.807) is 20.8 Å². The molecule has 6 nitrogen and oxygen atoms in total. The van der Waals surface area contributed by atoms with Gasteiger partial charge in [0.2, 0.25) is 0 Å². The van der Waals surface area contributed by atoms with Crippen LogP contribution in [0.3, 0.4) is 0 Å². The van der Waals surface area contributed by atoms with Crippen molar-refractivity contribution in [1.82, 2.24) is 4.98 Å². The molecule has 0 aromatic carbocycles. The van der Waals surface area contributed by atoms with Crippen LogP contribution in [0.2, 0.25) is 0 Å². The third-order valence-electron chi connectivity index (χ3n) is 2.03. The van der Waals surface area contributed by atoms with Gasteiger partial charge in [0.05, 0.1) is 0 Å². The standard InChI is InChI=1S/C12H16N2O4.Li.H/c1-12(2,3)18-11(17)9(13)7-4-5-8(10(15)16)14-6-7;;/h4-6,9H,13H2,1-3H3,(H,15,16);;. The van der Waals surface area contributed by atoms with E-state index in [-0.39, 0.29) is 24.6 Å². The van der Waals surface area contributed by atoms with Gasteiger partial charge in [0.25, 0.3) is 0 Å². The number of nitrogens with zero attached hydrogens (tertiary/aromatic N) is 1. The summed E-state index contributed by atoms with van der Waals surface area (Å²) in [5, 5.41) is 8.69. The van der Waals surface area contributed by atoms with Crippen LogP contribution in [0, 0.1) is 0 Å². The Morgan fingerprint density at radius 2 is 1.95 bits per heavy atom. The number of rotatable bonds is 3. The van der Waals surface area contributed by atoms with E-state index >= 15 is 0 Å². The molecule has 0 aliphatic heterocycles. The molecule has 0 fully saturated rings.